The number of nitrogens with two attached hydrogens (primary N) is 2. The first kappa shape index (κ1) is 43.4. The van der Waals surface area contributed by atoms with Crippen LogP contribution in [0, 0.1) is 18.3 Å². The number of terminal acetylenes is 1. The molecule has 0 bridgehead atoms. The summed E-state index contributed by atoms with van der Waals surface area (Å²) in [5, 5.41) is 8.25. The van der Waals surface area contributed by atoms with Gasteiger partial charge in [0, 0.05) is 63.6 Å². The summed E-state index contributed by atoms with van der Waals surface area (Å²) in [6.45, 7) is 8.50. The molecular formula is C40H57N7O4. The van der Waals surface area contributed by atoms with Gasteiger partial charge in [0.1, 0.15) is 11.6 Å². The number of anilines is 1. The molecule has 1 saturated carbocycles. The maximum absolute atomic E-state index is 13.5. The minimum atomic E-state index is -0.168. The van der Waals surface area contributed by atoms with Gasteiger partial charge in [0.15, 0.2) is 0 Å². The van der Waals surface area contributed by atoms with Crippen LogP contribution in [0.2, 0.25) is 0 Å². The summed E-state index contributed by atoms with van der Waals surface area (Å²) in [4.78, 5) is 38.3. The summed E-state index contributed by atoms with van der Waals surface area (Å²) in [5.41, 5.74) is 17.4. The van der Waals surface area contributed by atoms with Gasteiger partial charge in [-0.15, -0.1) is 6.42 Å². The van der Waals surface area contributed by atoms with Crippen molar-refractivity contribution >= 4 is 23.9 Å². The number of nitrogens with zero attached hydrogens (tertiary/aromatic N) is 2. The van der Waals surface area contributed by atoms with Crippen LogP contribution in [0.5, 0.6) is 5.75 Å². The van der Waals surface area contributed by atoms with E-state index in [-0.39, 0.29) is 23.6 Å². The zero-order valence-corrected chi connectivity index (χ0v) is 31.7. The Morgan fingerprint density at radius 3 is 2.25 bits per heavy atom. The van der Waals surface area contributed by atoms with Gasteiger partial charge in [0.05, 0.1) is 24.1 Å². The largest absolute Gasteiger partial charge is 0.494 e. The van der Waals surface area contributed by atoms with E-state index in [9.17, 15) is 9.59 Å². The second-order valence-electron chi connectivity index (χ2n) is 12.1. The Bertz CT molecular complexity index is 1630. The van der Waals surface area contributed by atoms with E-state index in [4.69, 9.17) is 27.4 Å². The molecule has 276 valence electrons. The third-order valence-electron chi connectivity index (χ3n) is 7.08. The molecule has 7 N–H and O–H groups in total. The number of ether oxygens (including phenoxy) is 1. The number of methoxy groups -OCH3 is 1. The number of carbonyl (C=O) groups excluding carboxylic acids is 3. The lowest BCUT2D eigenvalue weighted by molar-refractivity contribution is -0.121. The quantitative estimate of drug-likeness (QED) is 0.0980. The molecule has 11 nitrogen and oxygen atoms in total. The Labute approximate surface area is 304 Å². The molecule has 3 rings (SSSR count). The van der Waals surface area contributed by atoms with E-state index in [2.05, 4.69) is 48.7 Å². The Morgan fingerprint density at radius 1 is 1.10 bits per heavy atom. The molecule has 0 saturated heterocycles. The number of carbonyl (C=O) groups is 3. The van der Waals surface area contributed by atoms with Crippen molar-refractivity contribution in [1.29, 1.82) is 0 Å². The summed E-state index contributed by atoms with van der Waals surface area (Å²) in [7, 11) is 8.81. The molecule has 11 heteroatoms. The minimum Gasteiger partial charge on any atom is -0.494 e. The first-order chi connectivity index (χ1) is 24.3. The molecule has 0 unspecified atom stereocenters. The van der Waals surface area contributed by atoms with Crippen LogP contribution in [0.3, 0.4) is 0 Å². The van der Waals surface area contributed by atoms with Crippen molar-refractivity contribution in [2.75, 3.05) is 47.2 Å². The van der Waals surface area contributed by atoms with Gasteiger partial charge in [0.2, 0.25) is 12.3 Å². The Balaban J connectivity index is 0.00000170. The van der Waals surface area contributed by atoms with Crippen molar-refractivity contribution in [3.8, 4) is 29.2 Å². The van der Waals surface area contributed by atoms with Crippen LogP contribution < -0.4 is 32.2 Å². The van der Waals surface area contributed by atoms with Crippen molar-refractivity contribution in [2.45, 2.75) is 53.4 Å². The smallest absolute Gasteiger partial charge is 0.255 e. The van der Waals surface area contributed by atoms with Gasteiger partial charge >= 0.3 is 0 Å². The topological polar surface area (TPSA) is 155 Å². The molecule has 0 aromatic heterocycles. The van der Waals surface area contributed by atoms with E-state index in [0.29, 0.717) is 46.9 Å². The standard InChI is InChI=1S/C35H44N6O3.C3H8.C2H5NO/c1-8-11-24(18-19-40(4)5)22-41(6)35(43)29-17-16-27(20-25(29)9-2)28-12-10-13-30(33(28)44-7)38-31(23(3)36)21-32(37)39-34(42)26-14-15-26;1-3-2;1-3-2-4/h2,10-13,16-21,26,38H,8,14-15,22,36-37H2,1,3-7H3,(H,39,42);3H2,1-2H3;2H,1H3,(H,3,4)/b19-18-,24-11-,31-23+,32-21+;;. The van der Waals surface area contributed by atoms with E-state index in [0.717, 1.165) is 36.0 Å². The zero-order chi connectivity index (χ0) is 38.5. The highest BCUT2D eigenvalue weighted by atomic mass is 16.5. The maximum atomic E-state index is 13.5. The molecule has 0 atom stereocenters. The molecule has 3 amide bonds. The molecule has 0 aliphatic heterocycles. The lowest BCUT2D eigenvalue weighted by Gasteiger charge is -2.20. The van der Waals surface area contributed by atoms with Crippen LogP contribution in [0.4, 0.5) is 5.69 Å². The number of amides is 3. The molecule has 2 aromatic rings. The van der Waals surface area contributed by atoms with Crippen molar-refractivity contribution in [3.63, 3.8) is 0 Å². The molecule has 51 heavy (non-hydrogen) atoms. The molecule has 1 aliphatic carbocycles. The SMILES string of the molecule is C#Cc1cc(-c2cccc(NC(/C=C(\N)NC(=O)C3CC3)=C(\C)N)c2OC)ccc1C(=O)N(C)CC(/C=C\N(C)C)=C\CC.CCC.CNC=O. The fourth-order valence-electron chi connectivity index (χ4n) is 4.52. The predicted molar refractivity (Wildman–Crippen MR) is 209 cm³/mol. The van der Waals surface area contributed by atoms with Gasteiger partial charge in [-0.3, -0.25) is 14.4 Å². The Kier molecular flexibility index (Phi) is 19.5. The zero-order valence-electron chi connectivity index (χ0n) is 31.7. The summed E-state index contributed by atoms with van der Waals surface area (Å²) < 4.78 is 5.83. The van der Waals surface area contributed by atoms with Gasteiger partial charge in [-0.1, -0.05) is 57.4 Å². The highest BCUT2D eigenvalue weighted by molar-refractivity contribution is 5.97. The van der Waals surface area contributed by atoms with Crippen LogP contribution >= 0.6 is 0 Å². The number of hydrogen-bond acceptors (Lipinski definition) is 8. The van der Waals surface area contributed by atoms with E-state index >= 15 is 0 Å². The second kappa shape index (κ2) is 22.9. The summed E-state index contributed by atoms with van der Waals surface area (Å²) >= 11 is 0. The van der Waals surface area contributed by atoms with Crippen molar-refractivity contribution in [2.24, 2.45) is 17.4 Å². The predicted octanol–water partition coefficient (Wildman–Crippen LogP) is 5.53. The number of para-hydroxylation sites is 1. The van der Waals surface area contributed by atoms with Crippen LogP contribution in [-0.2, 0) is 9.59 Å². The van der Waals surface area contributed by atoms with Crippen molar-refractivity contribution in [3.05, 3.63) is 94.7 Å². The number of rotatable bonds is 14. The number of hydrogen-bond donors (Lipinski definition) is 5. The normalized spacial score (nSPS) is 12.9. The lowest BCUT2D eigenvalue weighted by Crippen LogP contribution is -2.29. The molecule has 0 radical (unpaired) electrons. The highest BCUT2D eigenvalue weighted by Crippen LogP contribution is 2.38. The Morgan fingerprint density at radius 2 is 1.75 bits per heavy atom. The third kappa shape index (κ3) is 14.8. The summed E-state index contributed by atoms with van der Waals surface area (Å²) in [6, 6.07) is 11.0. The number of nitrogens with one attached hydrogen (secondary N) is 3. The molecule has 0 spiro atoms. The number of benzene rings is 2. The van der Waals surface area contributed by atoms with Crippen LogP contribution in [0.25, 0.3) is 11.1 Å². The first-order valence-electron chi connectivity index (χ1n) is 17.0. The fourth-order valence-corrected chi connectivity index (χ4v) is 4.52. The number of likely N-dealkylation sites (N-methyl/N-ethyl adjacent to an activating group) is 1. The van der Waals surface area contributed by atoms with E-state index < -0.39 is 0 Å². The highest BCUT2D eigenvalue weighted by Gasteiger charge is 2.29. The monoisotopic (exact) mass is 699 g/mol. The molecular weight excluding hydrogens is 642 g/mol. The molecule has 2 aromatic carbocycles. The van der Waals surface area contributed by atoms with Gasteiger partial charge < -0.3 is 42.0 Å². The van der Waals surface area contributed by atoms with Gasteiger partial charge in [-0.2, -0.15) is 0 Å². The average Bonchev–Trinajstić information content (AvgIpc) is 3.96. The second-order valence-corrected chi connectivity index (χ2v) is 12.1. The Hall–Kier alpha value is -5.63. The molecule has 1 aliphatic rings. The summed E-state index contributed by atoms with van der Waals surface area (Å²) in [5.74, 6) is 3.19. The van der Waals surface area contributed by atoms with Gasteiger partial charge in [-0.05, 0) is 67.8 Å². The average molecular weight is 700 g/mol. The third-order valence-corrected chi connectivity index (χ3v) is 7.08. The maximum Gasteiger partial charge on any atom is 0.255 e. The minimum absolute atomic E-state index is 0.0219. The van der Waals surface area contributed by atoms with Gasteiger partial charge in [0.25, 0.3) is 5.91 Å². The number of allylic oxidation sites excluding steroid dienone is 3. The van der Waals surface area contributed by atoms with E-state index in [1.54, 1.807) is 45.2 Å². The summed E-state index contributed by atoms with van der Waals surface area (Å²) in [6.07, 6.45) is 18.0. The van der Waals surface area contributed by atoms with Crippen molar-refractivity contribution < 1.29 is 19.1 Å². The fraction of sp³-hybridized carbons (Fsp3) is 0.375. The molecule has 0 heterocycles. The van der Waals surface area contributed by atoms with Crippen LogP contribution in [0.15, 0.2) is 83.6 Å². The van der Waals surface area contributed by atoms with Crippen LogP contribution in [0.1, 0.15) is 69.3 Å². The van der Waals surface area contributed by atoms with E-state index in [1.807, 2.05) is 61.6 Å². The van der Waals surface area contributed by atoms with Crippen molar-refractivity contribution in [1.82, 2.24) is 20.4 Å². The first-order valence-corrected chi connectivity index (χ1v) is 17.0. The van der Waals surface area contributed by atoms with E-state index in [1.165, 1.54) is 6.42 Å². The lowest BCUT2D eigenvalue weighted by atomic mass is 9.97. The van der Waals surface area contributed by atoms with Crippen LogP contribution in [-0.4, -0.2) is 69.9 Å². The molecule has 1 fully saturated rings. The van der Waals surface area contributed by atoms with Gasteiger partial charge in [-0.25, -0.2) is 0 Å².